The first kappa shape index (κ1) is 20.9. The van der Waals surface area contributed by atoms with E-state index in [2.05, 4.69) is 24.4 Å². The smallest absolute Gasteiger partial charge is 0.254 e. The molecular formula is C24H30N2O3. The van der Waals surface area contributed by atoms with Gasteiger partial charge in [-0.25, -0.2) is 0 Å². The number of hydrogen-bond donors (Lipinski definition) is 1. The van der Waals surface area contributed by atoms with Crippen LogP contribution in [0.25, 0.3) is 0 Å². The Kier molecular flexibility index (Phi) is 6.91. The summed E-state index contributed by atoms with van der Waals surface area (Å²) in [6.07, 6.45) is 3.93. The number of ether oxygens (including phenoxy) is 1. The van der Waals surface area contributed by atoms with Gasteiger partial charge in [0.15, 0.2) is 0 Å². The minimum absolute atomic E-state index is 0.0711. The number of nitrogens with zero attached hydrogens (tertiary/aromatic N) is 1. The van der Waals surface area contributed by atoms with E-state index in [1.165, 1.54) is 18.1 Å². The molecule has 1 N–H and O–H groups in total. The molecule has 3 rings (SSSR count). The number of fused-ring (bicyclic) bond motifs is 1. The number of aryl methyl sites for hydroxylation is 2. The Balaban J connectivity index is 1.67. The lowest BCUT2D eigenvalue weighted by Gasteiger charge is -2.18. The highest BCUT2D eigenvalue weighted by Crippen LogP contribution is 2.37. The molecule has 5 nitrogen and oxygen atoms in total. The summed E-state index contributed by atoms with van der Waals surface area (Å²) in [7, 11) is 0. The van der Waals surface area contributed by atoms with Gasteiger partial charge in [-0.05, 0) is 49.9 Å². The predicted octanol–water partition coefficient (Wildman–Crippen LogP) is 4.33. The highest BCUT2D eigenvalue weighted by Gasteiger charge is 2.37. The molecule has 2 aromatic rings. The first-order chi connectivity index (χ1) is 14.0. The summed E-state index contributed by atoms with van der Waals surface area (Å²) in [6, 6.07) is 13.5. The van der Waals surface area contributed by atoms with E-state index in [0.29, 0.717) is 19.6 Å². The van der Waals surface area contributed by atoms with E-state index >= 15 is 0 Å². The largest absolute Gasteiger partial charge is 0.494 e. The zero-order chi connectivity index (χ0) is 20.8. The molecule has 1 atom stereocenters. The summed E-state index contributed by atoms with van der Waals surface area (Å²) in [6.45, 7) is 6.74. The van der Waals surface area contributed by atoms with Gasteiger partial charge in [0.2, 0.25) is 5.91 Å². The molecule has 1 aliphatic rings. The van der Waals surface area contributed by atoms with Gasteiger partial charge in [0, 0.05) is 24.7 Å². The number of hydrogen-bond acceptors (Lipinski definition) is 3. The monoisotopic (exact) mass is 394 g/mol. The topological polar surface area (TPSA) is 58.6 Å². The third-order valence-electron chi connectivity index (χ3n) is 5.19. The summed E-state index contributed by atoms with van der Waals surface area (Å²) in [4.78, 5) is 26.4. The molecule has 0 aromatic heterocycles. The minimum atomic E-state index is -0.595. The summed E-state index contributed by atoms with van der Waals surface area (Å²) in [5, 5.41) is 2.82. The van der Waals surface area contributed by atoms with Crippen LogP contribution in [0.5, 0.6) is 5.75 Å². The molecule has 0 unspecified atom stereocenters. The van der Waals surface area contributed by atoms with Gasteiger partial charge in [0.25, 0.3) is 5.91 Å². The molecule has 0 bridgehead atoms. The molecule has 0 aliphatic carbocycles. The molecule has 0 saturated heterocycles. The Morgan fingerprint density at radius 3 is 2.59 bits per heavy atom. The van der Waals surface area contributed by atoms with Crippen LogP contribution in [-0.4, -0.2) is 25.0 Å². The molecule has 2 amide bonds. The maximum absolute atomic E-state index is 13.0. The van der Waals surface area contributed by atoms with Gasteiger partial charge in [0.1, 0.15) is 11.8 Å². The molecule has 0 saturated carbocycles. The second-order valence-electron chi connectivity index (χ2n) is 7.64. The van der Waals surface area contributed by atoms with Crippen LogP contribution in [0.4, 0.5) is 5.69 Å². The molecule has 5 heteroatoms. The normalized spacial score (nSPS) is 15.3. The number of carbonyl (C=O) groups excluding carboxylic acids is 2. The highest BCUT2D eigenvalue weighted by atomic mass is 16.5. The van der Waals surface area contributed by atoms with Crippen molar-refractivity contribution >= 4 is 17.5 Å². The van der Waals surface area contributed by atoms with E-state index in [1.54, 1.807) is 4.90 Å². The standard InChI is InChI=1S/C24H30N2O3/c1-4-5-7-19-10-13-22-21(16-19)23(25-18(3)27)24(28)26(22)14-6-15-29-20-11-8-17(2)9-12-20/h8-13,16,23H,4-7,14-15H2,1-3H3,(H,25,27)/t23-/m0/s1. The van der Waals surface area contributed by atoms with Crippen LogP contribution >= 0.6 is 0 Å². The molecule has 154 valence electrons. The fourth-order valence-electron chi connectivity index (χ4n) is 3.65. The van der Waals surface area contributed by atoms with Crippen LogP contribution < -0.4 is 15.0 Å². The van der Waals surface area contributed by atoms with Gasteiger partial charge in [-0.2, -0.15) is 0 Å². The number of nitrogens with one attached hydrogen (secondary N) is 1. The van der Waals surface area contributed by atoms with E-state index in [-0.39, 0.29) is 11.8 Å². The van der Waals surface area contributed by atoms with Crippen molar-refractivity contribution in [1.29, 1.82) is 0 Å². The maximum Gasteiger partial charge on any atom is 0.254 e. The molecule has 1 aliphatic heterocycles. The second-order valence-corrected chi connectivity index (χ2v) is 7.64. The van der Waals surface area contributed by atoms with Gasteiger partial charge in [-0.15, -0.1) is 0 Å². The van der Waals surface area contributed by atoms with Crippen molar-refractivity contribution in [2.24, 2.45) is 0 Å². The molecule has 0 radical (unpaired) electrons. The number of unbranched alkanes of at least 4 members (excludes halogenated alkanes) is 1. The lowest BCUT2D eigenvalue weighted by atomic mass is 10.0. The van der Waals surface area contributed by atoms with E-state index in [1.807, 2.05) is 37.3 Å². The molecule has 29 heavy (non-hydrogen) atoms. The van der Waals surface area contributed by atoms with E-state index in [4.69, 9.17) is 4.74 Å². The van der Waals surface area contributed by atoms with Gasteiger partial charge in [0.05, 0.1) is 6.61 Å². The van der Waals surface area contributed by atoms with Crippen molar-refractivity contribution in [3.8, 4) is 5.75 Å². The van der Waals surface area contributed by atoms with Crippen LogP contribution in [0.15, 0.2) is 42.5 Å². The molecule has 1 heterocycles. The van der Waals surface area contributed by atoms with Gasteiger partial charge >= 0.3 is 0 Å². The van der Waals surface area contributed by atoms with Crippen molar-refractivity contribution < 1.29 is 14.3 Å². The van der Waals surface area contributed by atoms with Gasteiger partial charge in [-0.3, -0.25) is 9.59 Å². The Morgan fingerprint density at radius 2 is 1.90 bits per heavy atom. The zero-order valence-corrected chi connectivity index (χ0v) is 17.5. The third-order valence-corrected chi connectivity index (χ3v) is 5.19. The second kappa shape index (κ2) is 9.59. The average Bonchev–Trinajstić information content (AvgIpc) is 2.95. The maximum atomic E-state index is 13.0. The summed E-state index contributed by atoms with van der Waals surface area (Å²) >= 11 is 0. The first-order valence-electron chi connectivity index (χ1n) is 10.4. The van der Waals surface area contributed by atoms with Crippen LogP contribution in [0.1, 0.15) is 55.8 Å². The minimum Gasteiger partial charge on any atom is -0.494 e. The zero-order valence-electron chi connectivity index (χ0n) is 17.5. The average molecular weight is 395 g/mol. The van der Waals surface area contributed by atoms with E-state index in [9.17, 15) is 9.59 Å². The summed E-state index contributed by atoms with van der Waals surface area (Å²) < 4.78 is 5.79. The van der Waals surface area contributed by atoms with Crippen LogP contribution in [0.3, 0.4) is 0 Å². The van der Waals surface area contributed by atoms with Crippen molar-refractivity contribution in [3.05, 3.63) is 59.2 Å². The predicted molar refractivity (Wildman–Crippen MR) is 115 cm³/mol. The third kappa shape index (κ3) is 5.17. The van der Waals surface area contributed by atoms with Crippen molar-refractivity contribution in [1.82, 2.24) is 5.32 Å². The SMILES string of the molecule is CCCCc1ccc2c(c1)[C@H](NC(C)=O)C(=O)N2CCCOc1ccc(C)cc1. The summed E-state index contributed by atoms with van der Waals surface area (Å²) in [5.74, 6) is 0.566. The Labute approximate surface area is 173 Å². The molecule has 0 fully saturated rings. The van der Waals surface area contributed by atoms with Crippen LogP contribution in [0.2, 0.25) is 0 Å². The Hall–Kier alpha value is -2.82. The molecule has 2 aromatic carbocycles. The van der Waals surface area contributed by atoms with Crippen molar-refractivity contribution in [2.75, 3.05) is 18.1 Å². The number of rotatable bonds is 9. The number of benzene rings is 2. The molecular weight excluding hydrogens is 364 g/mol. The quantitative estimate of drug-likeness (QED) is 0.644. The number of amides is 2. The first-order valence-corrected chi connectivity index (χ1v) is 10.4. The number of carbonyl (C=O) groups is 2. The lowest BCUT2D eigenvalue weighted by Crippen LogP contribution is -2.37. The Morgan fingerprint density at radius 1 is 1.14 bits per heavy atom. The van der Waals surface area contributed by atoms with Crippen LogP contribution in [0, 0.1) is 6.92 Å². The lowest BCUT2D eigenvalue weighted by molar-refractivity contribution is -0.126. The van der Waals surface area contributed by atoms with Crippen molar-refractivity contribution in [2.45, 2.75) is 52.5 Å². The number of anilines is 1. The van der Waals surface area contributed by atoms with E-state index in [0.717, 1.165) is 36.3 Å². The van der Waals surface area contributed by atoms with Crippen molar-refractivity contribution in [3.63, 3.8) is 0 Å². The van der Waals surface area contributed by atoms with E-state index < -0.39 is 6.04 Å². The van der Waals surface area contributed by atoms with Crippen LogP contribution in [-0.2, 0) is 16.0 Å². The van der Waals surface area contributed by atoms with Gasteiger partial charge < -0.3 is 15.0 Å². The summed E-state index contributed by atoms with van der Waals surface area (Å²) in [5.41, 5.74) is 4.19. The fraction of sp³-hybridized carbons (Fsp3) is 0.417. The van der Waals surface area contributed by atoms with Gasteiger partial charge in [-0.1, -0.05) is 43.2 Å². The fourth-order valence-corrected chi connectivity index (χ4v) is 3.65. The molecule has 0 spiro atoms. The Bertz CT molecular complexity index is 861. The highest BCUT2D eigenvalue weighted by molar-refractivity contribution is 6.06.